The normalized spacial score (nSPS) is 13.6. The highest BCUT2D eigenvalue weighted by molar-refractivity contribution is 5.51. The Kier molecular flexibility index (Phi) is 4.30. The number of aryl methyl sites for hydroxylation is 1. The molecule has 1 unspecified atom stereocenters. The standard InChI is InChI=1S/C17H21NO2/c1-13-8-10-14(11-9-13)18-17(2,12-19)15-6-4-5-7-16(15)20-3/h4-11,18-19H,12H2,1-3H3. The monoisotopic (exact) mass is 271 g/mol. The maximum absolute atomic E-state index is 9.86. The van der Waals surface area contributed by atoms with Crippen LogP contribution >= 0.6 is 0 Å². The van der Waals surface area contributed by atoms with Gasteiger partial charge in [-0.15, -0.1) is 0 Å². The lowest BCUT2D eigenvalue weighted by Gasteiger charge is -2.31. The van der Waals surface area contributed by atoms with Gasteiger partial charge in [-0.05, 0) is 32.0 Å². The van der Waals surface area contributed by atoms with Crippen molar-refractivity contribution >= 4 is 5.69 Å². The number of nitrogens with one attached hydrogen (secondary N) is 1. The van der Waals surface area contributed by atoms with E-state index in [1.807, 2.05) is 55.5 Å². The molecule has 0 amide bonds. The van der Waals surface area contributed by atoms with Gasteiger partial charge in [0.1, 0.15) is 5.75 Å². The van der Waals surface area contributed by atoms with Gasteiger partial charge in [-0.1, -0.05) is 35.9 Å². The minimum Gasteiger partial charge on any atom is -0.496 e. The molecule has 106 valence electrons. The number of rotatable bonds is 5. The van der Waals surface area contributed by atoms with Crippen molar-refractivity contribution < 1.29 is 9.84 Å². The maximum Gasteiger partial charge on any atom is 0.124 e. The van der Waals surface area contributed by atoms with Gasteiger partial charge in [0.15, 0.2) is 0 Å². The molecule has 0 bridgehead atoms. The third-order valence-electron chi connectivity index (χ3n) is 3.49. The van der Waals surface area contributed by atoms with E-state index in [4.69, 9.17) is 4.74 Å². The number of benzene rings is 2. The molecule has 0 heterocycles. The van der Waals surface area contributed by atoms with Crippen molar-refractivity contribution in [1.82, 2.24) is 0 Å². The Hall–Kier alpha value is -2.00. The highest BCUT2D eigenvalue weighted by Crippen LogP contribution is 2.32. The first-order chi connectivity index (χ1) is 9.59. The summed E-state index contributed by atoms with van der Waals surface area (Å²) in [4.78, 5) is 0. The minimum atomic E-state index is -0.595. The molecule has 0 aliphatic rings. The van der Waals surface area contributed by atoms with Crippen molar-refractivity contribution in [3.05, 3.63) is 59.7 Å². The van der Waals surface area contributed by atoms with Crippen molar-refractivity contribution in [2.45, 2.75) is 19.4 Å². The Morgan fingerprint density at radius 1 is 1.10 bits per heavy atom. The average molecular weight is 271 g/mol. The summed E-state index contributed by atoms with van der Waals surface area (Å²) in [6.07, 6.45) is 0. The van der Waals surface area contributed by atoms with Gasteiger partial charge in [0.05, 0.1) is 19.3 Å². The van der Waals surface area contributed by atoms with E-state index in [0.29, 0.717) is 0 Å². The van der Waals surface area contributed by atoms with Crippen LogP contribution < -0.4 is 10.1 Å². The van der Waals surface area contributed by atoms with Gasteiger partial charge in [-0.2, -0.15) is 0 Å². The van der Waals surface area contributed by atoms with Crippen molar-refractivity contribution in [1.29, 1.82) is 0 Å². The SMILES string of the molecule is COc1ccccc1C(C)(CO)Nc1ccc(C)cc1. The van der Waals surface area contributed by atoms with Gasteiger partial charge < -0.3 is 15.2 Å². The molecule has 2 rings (SSSR count). The molecular weight excluding hydrogens is 250 g/mol. The second kappa shape index (κ2) is 5.97. The number of anilines is 1. The summed E-state index contributed by atoms with van der Waals surface area (Å²) in [5.74, 6) is 0.767. The molecule has 2 aromatic carbocycles. The van der Waals surface area contributed by atoms with Crippen molar-refractivity contribution in [3.63, 3.8) is 0 Å². The van der Waals surface area contributed by atoms with Gasteiger partial charge in [0, 0.05) is 11.3 Å². The smallest absolute Gasteiger partial charge is 0.124 e. The highest BCUT2D eigenvalue weighted by atomic mass is 16.5. The lowest BCUT2D eigenvalue weighted by atomic mass is 9.91. The second-order valence-corrected chi connectivity index (χ2v) is 5.18. The molecule has 0 spiro atoms. The molecule has 0 aliphatic heterocycles. The van der Waals surface area contributed by atoms with Crippen LogP contribution in [0.2, 0.25) is 0 Å². The van der Waals surface area contributed by atoms with Crippen LogP contribution in [0.15, 0.2) is 48.5 Å². The summed E-state index contributed by atoms with van der Waals surface area (Å²) < 4.78 is 5.40. The topological polar surface area (TPSA) is 41.5 Å². The van der Waals surface area contributed by atoms with E-state index < -0.39 is 5.54 Å². The number of ether oxygens (including phenoxy) is 1. The summed E-state index contributed by atoms with van der Waals surface area (Å²) >= 11 is 0. The van der Waals surface area contributed by atoms with Crippen molar-refractivity contribution in [2.75, 3.05) is 19.0 Å². The summed E-state index contributed by atoms with van der Waals surface area (Å²) in [6.45, 7) is 3.99. The fraction of sp³-hybridized carbons (Fsp3) is 0.294. The molecule has 0 radical (unpaired) electrons. The van der Waals surface area contributed by atoms with Crippen LogP contribution in [0.3, 0.4) is 0 Å². The van der Waals surface area contributed by atoms with E-state index in [2.05, 4.69) is 12.2 Å². The van der Waals surface area contributed by atoms with Gasteiger partial charge in [0.25, 0.3) is 0 Å². The van der Waals surface area contributed by atoms with E-state index in [9.17, 15) is 5.11 Å². The van der Waals surface area contributed by atoms with Gasteiger partial charge in [0.2, 0.25) is 0 Å². The van der Waals surface area contributed by atoms with Crippen LogP contribution in [-0.4, -0.2) is 18.8 Å². The fourth-order valence-corrected chi connectivity index (χ4v) is 2.25. The molecule has 3 heteroatoms. The maximum atomic E-state index is 9.86. The molecule has 2 aromatic rings. The van der Waals surface area contributed by atoms with Crippen molar-refractivity contribution in [2.24, 2.45) is 0 Å². The summed E-state index contributed by atoms with van der Waals surface area (Å²) in [6, 6.07) is 15.9. The molecule has 0 aromatic heterocycles. The van der Waals surface area contributed by atoms with Crippen LogP contribution in [0, 0.1) is 6.92 Å². The van der Waals surface area contributed by atoms with Gasteiger partial charge >= 0.3 is 0 Å². The Labute approximate surface area is 120 Å². The van der Waals surface area contributed by atoms with E-state index in [-0.39, 0.29) is 6.61 Å². The quantitative estimate of drug-likeness (QED) is 0.876. The van der Waals surface area contributed by atoms with E-state index in [1.54, 1.807) is 7.11 Å². The highest BCUT2D eigenvalue weighted by Gasteiger charge is 2.28. The van der Waals surface area contributed by atoms with Crippen LogP contribution in [-0.2, 0) is 5.54 Å². The van der Waals surface area contributed by atoms with Crippen LogP contribution in [0.4, 0.5) is 5.69 Å². The summed E-state index contributed by atoms with van der Waals surface area (Å²) in [5.41, 5.74) is 2.52. The summed E-state index contributed by atoms with van der Waals surface area (Å²) in [5, 5.41) is 13.2. The van der Waals surface area contributed by atoms with Crippen LogP contribution in [0.5, 0.6) is 5.75 Å². The number of aliphatic hydroxyl groups excluding tert-OH is 1. The Bertz CT molecular complexity index is 565. The number of hydrogen-bond acceptors (Lipinski definition) is 3. The zero-order valence-electron chi connectivity index (χ0n) is 12.2. The zero-order chi connectivity index (χ0) is 14.6. The molecule has 1 atom stereocenters. The molecule has 20 heavy (non-hydrogen) atoms. The Morgan fingerprint density at radius 3 is 2.35 bits per heavy atom. The first-order valence-electron chi connectivity index (χ1n) is 6.68. The van der Waals surface area contributed by atoms with Gasteiger partial charge in [-0.3, -0.25) is 0 Å². The first-order valence-corrected chi connectivity index (χ1v) is 6.68. The predicted octanol–water partition coefficient (Wildman–Crippen LogP) is 3.32. The Morgan fingerprint density at radius 2 is 1.75 bits per heavy atom. The first kappa shape index (κ1) is 14.4. The lowest BCUT2D eigenvalue weighted by Crippen LogP contribution is -2.36. The number of aliphatic hydroxyl groups is 1. The van der Waals surface area contributed by atoms with Crippen LogP contribution in [0.25, 0.3) is 0 Å². The molecule has 2 N–H and O–H groups in total. The van der Waals surface area contributed by atoms with Crippen LogP contribution in [0.1, 0.15) is 18.1 Å². The molecule has 3 nitrogen and oxygen atoms in total. The predicted molar refractivity (Wildman–Crippen MR) is 82.2 cm³/mol. The van der Waals surface area contributed by atoms with E-state index in [0.717, 1.165) is 17.0 Å². The molecule has 0 aliphatic carbocycles. The second-order valence-electron chi connectivity index (χ2n) is 5.18. The van der Waals surface area contributed by atoms with E-state index >= 15 is 0 Å². The third-order valence-corrected chi connectivity index (χ3v) is 3.49. The minimum absolute atomic E-state index is 0.0265. The number of hydrogen-bond donors (Lipinski definition) is 2. The molecule has 0 fully saturated rings. The van der Waals surface area contributed by atoms with Crippen molar-refractivity contribution in [3.8, 4) is 5.75 Å². The lowest BCUT2D eigenvalue weighted by molar-refractivity contribution is 0.220. The largest absolute Gasteiger partial charge is 0.496 e. The molecule has 0 saturated carbocycles. The van der Waals surface area contributed by atoms with E-state index in [1.165, 1.54) is 5.56 Å². The third kappa shape index (κ3) is 2.94. The van der Waals surface area contributed by atoms with Gasteiger partial charge in [-0.25, -0.2) is 0 Å². The molecular formula is C17H21NO2. The molecule has 0 saturated heterocycles. The zero-order valence-corrected chi connectivity index (χ0v) is 12.2. The Balaban J connectivity index is 2.35. The summed E-state index contributed by atoms with van der Waals surface area (Å²) in [7, 11) is 1.64. The fourth-order valence-electron chi connectivity index (χ4n) is 2.25. The average Bonchev–Trinajstić information content (AvgIpc) is 2.49. The number of para-hydroxylation sites is 1. The number of methoxy groups -OCH3 is 1.